The van der Waals surface area contributed by atoms with Crippen molar-refractivity contribution in [1.82, 2.24) is 19.9 Å². The van der Waals surface area contributed by atoms with Crippen molar-refractivity contribution in [2.24, 2.45) is 0 Å². The van der Waals surface area contributed by atoms with E-state index in [1.165, 1.54) is 105 Å². The van der Waals surface area contributed by atoms with E-state index in [0.717, 1.165) is 145 Å². The Morgan fingerprint density at radius 1 is 0.291 bits per heavy atom. The third-order valence-electron chi connectivity index (χ3n) is 24.1. The Kier molecular flexibility index (Phi) is 27.1. The highest BCUT2D eigenvalue weighted by Gasteiger charge is 2.27. The number of aryl methyl sites for hydroxylation is 1. The van der Waals surface area contributed by atoms with E-state index in [4.69, 9.17) is 35.3 Å². The molecule has 682 valence electrons. The molecule has 0 amide bonds. The third kappa shape index (κ3) is 19.6. The van der Waals surface area contributed by atoms with Gasteiger partial charge in [0, 0.05) is 133 Å². The number of unbranched alkanes of at least 4 members (excludes halogenated alkanes) is 6. The van der Waals surface area contributed by atoms with Crippen LogP contribution in [0.15, 0.2) is 295 Å². The lowest BCUT2D eigenvalue weighted by Crippen LogP contribution is -2.25. The molecule has 0 bridgehead atoms. The summed E-state index contributed by atoms with van der Waals surface area (Å²) in [6.45, 7) is 21.7. The van der Waals surface area contributed by atoms with Crippen LogP contribution in [-0.4, -0.2) is 88.0 Å². The van der Waals surface area contributed by atoms with Crippen LogP contribution in [0.1, 0.15) is 124 Å². The molecule has 0 atom stereocenters. The largest absolute Gasteiger partial charge is 0.507 e. The monoisotopic (exact) mass is 2000 g/mol. The highest BCUT2D eigenvalue weighted by atomic mass is 79.9. The van der Waals surface area contributed by atoms with E-state index >= 15 is 0 Å². The SMILES string of the molecule is CCCCN(CCCC)c1ccc(-c2cc3cc(-c4nc5cc(Br)cc(Br)c5o4)c(O)cc3o2)cc1.CCCCN(CCCC)c1ccc(-c2cc3cc(-c4nc5cc(Br)ccc5o4)c(O)cc3o2)cc1.CCCCN(CCCC)c1ccc(-c2cc3cc(-c4nc5cc(S(=O)(=O)c6ccc7oc(-c8cc9cc(-c%10ccc(C)cc%10)oc9cc8O)nc7c6)ccc5o4)c(O)cc3o2)cc1. The van der Waals surface area contributed by atoms with Crippen LogP contribution in [-0.2, 0) is 9.84 Å². The smallest absolute Gasteiger partial charge is 0.231 e. The van der Waals surface area contributed by atoms with Gasteiger partial charge in [0.05, 0.1) is 36.5 Å². The molecule has 12 aromatic carbocycles. The van der Waals surface area contributed by atoms with Crippen molar-refractivity contribution in [3.63, 3.8) is 0 Å². The van der Waals surface area contributed by atoms with Gasteiger partial charge in [-0.1, -0.05) is 142 Å². The van der Waals surface area contributed by atoms with E-state index in [2.05, 4.69) is 197 Å². The number of anilines is 3. The summed E-state index contributed by atoms with van der Waals surface area (Å²) in [7, 11) is -4.06. The molecule has 21 nitrogen and oxygen atoms in total. The Bertz CT molecular complexity index is 7740. The molecule has 0 aliphatic heterocycles. The topological polar surface area (TPSA) is 281 Å². The Morgan fingerprint density at radius 3 is 0.896 bits per heavy atom. The summed E-state index contributed by atoms with van der Waals surface area (Å²) in [6.07, 6.45) is 14.1. The van der Waals surface area contributed by atoms with Gasteiger partial charge in [0.15, 0.2) is 22.3 Å². The van der Waals surface area contributed by atoms with Gasteiger partial charge in [0.25, 0.3) is 0 Å². The average Bonchev–Trinajstić information content (AvgIpc) is 1.58. The van der Waals surface area contributed by atoms with Crippen LogP contribution in [0.25, 0.3) is 179 Å². The number of hydrogen-bond acceptors (Lipinski definition) is 21. The molecule has 20 rings (SSSR count). The summed E-state index contributed by atoms with van der Waals surface area (Å²) in [4.78, 5) is 25.7. The maximum atomic E-state index is 14.0. The second-order valence-electron chi connectivity index (χ2n) is 33.8. The molecule has 134 heavy (non-hydrogen) atoms. The van der Waals surface area contributed by atoms with Gasteiger partial charge in [-0.15, -0.1) is 0 Å². The summed E-state index contributed by atoms with van der Waals surface area (Å²) < 4.78 is 79.1. The normalized spacial score (nSPS) is 11.8. The molecule has 0 unspecified atom stereocenters. The lowest BCUT2D eigenvalue weighted by molar-refractivity contribution is 0.472. The van der Waals surface area contributed by atoms with E-state index in [0.29, 0.717) is 107 Å². The van der Waals surface area contributed by atoms with E-state index < -0.39 is 9.84 Å². The van der Waals surface area contributed by atoms with Gasteiger partial charge in [-0.25, -0.2) is 28.4 Å². The summed E-state index contributed by atoms with van der Waals surface area (Å²) in [5.41, 5.74) is 16.6. The maximum absolute atomic E-state index is 14.0. The molecule has 25 heteroatoms. The van der Waals surface area contributed by atoms with Crippen LogP contribution in [0, 0.1) is 6.92 Å². The number of rotatable bonds is 31. The fourth-order valence-corrected chi connectivity index (χ4v) is 19.5. The Hall–Kier alpha value is -13.3. The highest BCUT2D eigenvalue weighted by molar-refractivity contribution is 9.11. The summed E-state index contributed by atoms with van der Waals surface area (Å²) in [5, 5.41) is 46.8. The number of aromatic hydroxyl groups is 4. The van der Waals surface area contributed by atoms with Crippen LogP contribution in [0.2, 0.25) is 0 Å². The van der Waals surface area contributed by atoms with Crippen LogP contribution in [0.3, 0.4) is 0 Å². The molecule has 0 fully saturated rings. The van der Waals surface area contributed by atoms with E-state index in [1.54, 1.807) is 36.4 Å². The van der Waals surface area contributed by atoms with Crippen molar-refractivity contribution in [2.75, 3.05) is 54.0 Å². The first-order valence-electron chi connectivity index (χ1n) is 45.7. The number of furan rings is 4. The highest BCUT2D eigenvalue weighted by Crippen LogP contribution is 2.46. The molecule has 20 aromatic rings. The predicted octanol–water partition coefficient (Wildman–Crippen LogP) is 31.4. The average molecular weight is 2000 g/mol. The quantitative estimate of drug-likeness (QED) is 0.0314. The fraction of sp³-hybridized carbons (Fsp3) is 0.229. The zero-order valence-electron chi connectivity index (χ0n) is 75.3. The first-order valence-corrected chi connectivity index (χ1v) is 49.5. The number of fused-ring (bicyclic) bond motifs is 8. The second kappa shape index (κ2) is 39.8. The summed E-state index contributed by atoms with van der Waals surface area (Å²) >= 11 is 10.5. The van der Waals surface area contributed by atoms with Gasteiger partial charge in [-0.05, 0) is 249 Å². The number of phenols is 4. The number of aromatic nitrogens is 4. The lowest BCUT2D eigenvalue weighted by Gasteiger charge is -2.24. The molecule has 0 saturated heterocycles. The molecule has 0 spiro atoms. The zero-order chi connectivity index (χ0) is 93.0. The minimum absolute atomic E-state index is 0.00521. The van der Waals surface area contributed by atoms with Crippen molar-refractivity contribution in [3.8, 4) is 114 Å². The molecular weight excluding hydrogens is 1900 g/mol. The number of benzene rings is 12. The van der Waals surface area contributed by atoms with Crippen molar-refractivity contribution in [1.29, 1.82) is 0 Å². The second-order valence-corrected chi connectivity index (χ2v) is 38.5. The minimum Gasteiger partial charge on any atom is -0.507 e. The van der Waals surface area contributed by atoms with E-state index in [9.17, 15) is 28.8 Å². The first kappa shape index (κ1) is 91.2. The minimum atomic E-state index is -4.06. The molecule has 8 aromatic heterocycles. The lowest BCUT2D eigenvalue weighted by atomic mass is 10.1. The number of phenolic OH excluding ortho intramolecular Hbond substituents is 4. The van der Waals surface area contributed by atoms with Crippen molar-refractivity contribution < 1.29 is 64.2 Å². The Morgan fingerprint density at radius 2 is 0.575 bits per heavy atom. The Labute approximate surface area is 800 Å². The standard InChI is InChI=1S/C51H43N3O8S.C29H28Br2N2O3.C29H29BrN2O3/c1-4-6-20-54(21-7-5-2)35-14-12-32(13-15-35)47-25-34-23-39(43(56)29-49(34)60-47)51-53-41-27-37(17-19-45(41)62-51)63(57,58)36-16-18-44-40(26-36)52-50(61-44)38-22-33-24-46(59-48(33)28-42(38)55)31-10-8-30(3)9-11-31;1-3-5-11-33(12-6-4-2)21-9-7-18(8-10-21)26-14-19-13-22(25(34)17-27(19)35-26)29-32-24-16-20(30)15-23(31)28(24)36-29;1-3-5-13-32(14-6-4-2)22-10-7-19(8-11-22)27-16-20-15-23(25(33)18-28(20)34-27)29-31-24-17-21(30)9-12-26(24)35-29/h8-19,22-29,55-56H,4-7,20-21H2,1-3H3;7-10,13-17,34H,3-6,11-12H2,1-2H3;7-12,15-18,33H,3-6,13-14H2,1-2H3. The van der Waals surface area contributed by atoms with Gasteiger partial charge in [-0.3, -0.25) is 0 Å². The molecule has 0 aliphatic rings. The molecule has 0 aliphatic carbocycles. The molecular formula is C109H100Br3N7O14S. The number of sulfone groups is 1. The third-order valence-corrected chi connectivity index (χ3v) is 27.4. The van der Waals surface area contributed by atoms with Gasteiger partial charge < -0.3 is 70.5 Å². The van der Waals surface area contributed by atoms with E-state index in [1.807, 2.05) is 97.9 Å². The fourth-order valence-electron chi connectivity index (χ4n) is 16.6. The van der Waals surface area contributed by atoms with Crippen LogP contribution in [0.5, 0.6) is 23.0 Å². The van der Waals surface area contributed by atoms with Crippen LogP contribution in [0.4, 0.5) is 17.1 Å². The number of oxazole rings is 4. The van der Waals surface area contributed by atoms with Crippen LogP contribution >= 0.6 is 47.8 Å². The molecule has 0 saturated carbocycles. The predicted molar refractivity (Wildman–Crippen MR) is 545 cm³/mol. The number of halogens is 3. The van der Waals surface area contributed by atoms with Crippen LogP contribution < -0.4 is 14.7 Å². The van der Waals surface area contributed by atoms with Gasteiger partial charge >= 0.3 is 0 Å². The maximum Gasteiger partial charge on any atom is 0.231 e. The van der Waals surface area contributed by atoms with Gasteiger partial charge in [0.1, 0.15) is 90.4 Å². The Balaban J connectivity index is 0.000000144. The van der Waals surface area contributed by atoms with E-state index in [-0.39, 0.29) is 44.6 Å². The zero-order valence-corrected chi connectivity index (χ0v) is 80.9. The summed E-state index contributed by atoms with van der Waals surface area (Å²) in [5.74, 6) is 3.77. The molecule has 4 N–H and O–H groups in total. The van der Waals surface area contributed by atoms with Crippen molar-refractivity contribution in [3.05, 3.63) is 256 Å². The van der Waals surface area contributed by atoms with Gasteiger partial charge in [0.2, 0.25) is 33.4 Å². The van der Waals surface area contributed by atoms with Gasteiger partial charge in [-0.2, -0.15) is 0 Å². The molecule has 8 heterocycles. The number of hydrogen-bond donors (Lipinski definition) is 4. The number of nitrogens with zero attached hydrogens (tertiary/aromatic N) is 7. The van der Waals surface area contributed by atoms with Crippen molar-refractivity contribution >= 4 is 163 Å². The van der Waals surface area contributed by atoms with Crippen molar-refractivity contribution in [2.45, 2.75) is 135 Å². The summed E-state index contributed by atoms with van der Waals surface area (Å²) in [6, 6.07) is 73.1. The first-order chi connectivity index (χ1) is 65.0. The molecule has 0 radical (unpaired) electrons.